The zero-order chi connectivity index (χ0) is 13.3. The Bertz CT molecular complexity index is 623. The summed E-state index contributed by atoms with van der Waals surface area (Å²) in [6.07, 6.45) is 1.54. The van der Waals surface area contributed by atoms with Gasteiger partial charge in [0.1, 0.15) is 5.15 Å². The largest absolute Gasteiger partial charge is 0.288 e. The second kappa shape index (κ2) is 5.09. The fraction of sp³-hybridized carbons (Fsp3) is 0.143. The van der Waals surface area contributed by atoms with Crippen LogP contribution in [-0.4, -0.2) is 10.8 Å². The van der Waals surface area contributed by atoms with Crippen molar-refractivity contribution in [1.29, 1.82) is 0 Å². The van der Waals surface area contributed by atoms with E-state index in [1.807, 2.05) is 19.9 Å². The van der Waals surface area contributed by atoms with Gasteiger partial charge in [-0.25, -0.2) is 4.98 Å². The average molecular weight is 280 g/mol. The lowest BCUT2D eigenvalue weighted by molar-refractivity contribution is 0.103. The van der Waals surface area contributed by atoms with Gasteiger partial charge >= 0.3 is 0 Å². The fourth-order valence-corrected chi connectivity index (χ4v) is 2.16. The number of aryl methyl sites for hydroxylation is 1. The summed E-state index contributed by atoms with van der Waals surface area (Å²) in [5.74, 6) is -0.207. The van der Waals surface area contributed by atoms with Gasteiger partial charge in [-0.15, -0.1) is 0 Å². The first-order valence-electron chi connectivity index (χ1n) is 5.43. The summed E-state index contributed by atoms with van der Waals surface area (Å²) in [4.78, 5) is 16.2. The van der Waals surface area contributed by atoms with Crippen LogP contribution in [0.15, 0.2) is 30.5 Å². The molecule has 0 unspecified atom stereocenters. The van der Waals surface area contributed by atoms with Crippen molar-refractivity contribution in [2.75, 3.05) is 0 Å². The summed E-state index contributed by atoms with van der Waals surface area (Å²) in [6, 6.07) is 6.91. The van der Waals surface area contributed by atoms with Gasteiger partial charge in [0.05, 0.1) is 10.6 Å². The van der Waals surface area contributed by atoms with Crippen LogP contribution in [0.1, 0.15) is 27.0 Å². The number of rotatable bonds is 2. The van der Waals surface area contributed by atoms with Crippen LogP contribution in [0.25, 0.3) is 0 Å². The number of hydrogen-bond acceptors (Lipinski definition) is 2. The number of carbonyl (C=O) groups excluding carboxylic acids is 1. The van der Waals surface area contributed by atoms with Crippen molar-refractivity contribution >= 4 is 29.0 Å². The van der Waals surface area contributed by atoms with E-state index in [2.05, 4.69) is 4.98 Å². The first-order valence-corrected chi connectivity index (χ1v) is 6.19. The third-order valence-electron chi connectivity index (χ3n) is 2.91. The zero-order valence-corrected chi connectivity index (χ0v) is 11.5. The molecule has 0 aliphatic rings. The van der Waals surface area contributed by atoms with E-state index in [4.69, 9.17) is 23.2 Å². The predicted octanol–water partition coefficient (Wildman–Crippen LogP) is 4.24. The molecule has 0 bridgehead atoms. The first kappa shape index (κ1) is 13.1. The lowest BCUT2D eigenvalue weighted by atomic mass is 10.00. The van der Waals surface area contributed by atoms with Crippen molar-refractivity contribution in [3.05, 3.63) is 62.9 Å². The molecular formula is C14H11Cl2NO. The van der Waals surface area contributed by atoms with Crippen LogP contribution >= 0.6 is 23.2 Å². The van der Waals surface area contributed by atoms with Crippen molar-refractivity contribution < 1.29 is 4.79 Å². The van der Waals surface area contributed by atoms with Crippen molar-refractivity contribution in [3.63, 3.8) is 0 Å². The Morgan fingerprint density at radius 1 is 1.11 bits per heavy atom. The van der Waals surface area contributed by atoms with E-state index in [-0.39, 0.29) is 10.9 Å². The molecule has 4 heteroatoms. The molecule has 1 heterocycles. The number of pyridine rings is 1. The molecule has 1 aromatic carbocycles. The van der Waals surface area contributed by atoms with Gasteiger partial charge in [-0.2, -0.15) is 0 Å². The maximum absolute atomic E-state index is 12.3. The fourth-order valence-electron chi connectivity index (χ4n) is 1.66. The average Bonchev–Trinajstić information content (AvgIpc) is 2.36. The van der Waals surface area contributed by atoms with Gasteiger partial charge in [0, 0.05) is 11.8 Å². The highest BCUT2D eigenvalue weighted by Gasteiger charge is 2.17. The normalized spacial score (nSPS) is 10.4. The third-order valence-corrected chi connectivity index (χ3v) is 3.69. The van der Waals surface area contributed by atoms with E-state index < -0.39 is 0 Å². The molecule has 92 valence electrons. The molecule has 2 nitrogen and oxygen atoms in total. The number of ketones is 1. The summed E-state index contributed by atoms with van der Waals surface area (Å²) in [5, 5.41) is 0.664. The Morgan fingerprint density at radius 2 is 1.83 bits per heavy atom. The van der Waals surface area contributed by atoms with Gasteiger partial charge in [-0.05, 0) is 43.2 Å². The zero-order valence-electron chi connectivity index (χ0n) is 10.00. The quantitative estimate of drug-likeness (QED) is 0.608. The molecule has 0 saturated heterocycles. The van der Waals surface area contributed by atoms with E-state index in [0.29, 0.717) is 16.1 Å². The van der Waals surface area contributed by atoms with Crippen LogP contribution in [0.2, 0.25) is 10.2 Å². The maximum Gasteiger partial charge on any atom is 0.197 e. The smallest absolute Gasteiger partial charge is 0.197 e. The predicted molar refractivity (Wildman–Crippen MR) is 73.6 cm³/mol. The highest BCUT2D eigenvalue weighted by Crippen LogP contribution is 2.27. The summed E-state index contributed by atoms with van der Waals surface area (Å²) in [5.41, 5.74) is 2.77. The SMILES string of the molecule is Cc1ccc(C(=O)c2cccnc2Cl)c(Cl)c1C. The minimum Gasteiger partial charge on any atom is -0.288 e. The molecule has 0 aliphatic heterocycles. The molecule has 0 saturated carbocycles. The Hall–Kier alpha value is -1.38. The number of hydrogen-bond donors (Lipinski definition) is 0. The topological polar surface area (TPSA) is 30.0 Å². The van der Waals surface area contributed by atoms with Crippen LogP contribution in [0.4, 0.5) is 0 Å². The van der Waals surface area contributed by atoms with E-state index in [0.717, 1.165) is 11.1 Å². The van der Waals surface area contributed by atoms with Crippen molar-refractivity contribution in [1.82, 2.24) is 4.98 Å². The van der Waals surface area contributed by atoms with Crippen molar-refractivity contribution in [3.8, 4) is 0 Å². The van der Waals surface area contributed by atoms with Gasteiger partial charge in [-0.3, -0.25) is 4.79 Å². The Kier molecular flexibility index (Phi) is 3.69. The Labute approximate surface area is 116 Å². The summed E-state index contributed by atoms with van der Waals surface area (Å²) in [6.45, 7) is 3.84. The molecule has 2 rings (SSSR count). The van der Waals surface area contributed by atoms with Crippen LogP contribution in [0.5, 0.6) is 0 Å². The summed E-state index contributed by atoms with van der Waals surface area (Å²) in [7, 11) is 0. The molecular weight excluding hydrogens is 269 g/mol. The molecule has 0 spiro atoms. The van der Waals surface area contributed by atoms with Crippen molar-refractivity contribution in [2.45, 2.75) is 13.8 Å². The number of aromatic nitrogens is 1. The maximum atomic E-state index is 12.3. The third kappa shape index (κ3) is 2.26. The Balaban J connectivity index is 2.54. The number of halogens is 2. The number of benzene rings is 1. The molecule has 1 aromatic heterocycles. The second-order valence-electron chi connectivity index (χ2n) is 4.04. The van der Waals surface area contributed by atoms with Crippen LogP contribution in [-0.2, 0) is 0 Å². The monoisotopic (exact) mass is 279 g/mol. The number of nitrogens with zero attached hydrogens (tertiary/aromatic N) is 1. The molecule has 0 atom stereocenters. The van der Waals surface area contributed by atoms with Crippen molar-refractivity contribution in [2.24, 2.45) is 0 Å². The minimum atomic E-state index is -0.207. The summed E-state index contributed by atoms with van der Waals surface area (Å²) >= 11 is 12.1. The molecule has 0 N–H and O–H groups in total. The van der Waals surface area contributed by atoms with Crippen LogP contribution in [0, 0.1) is 13.8 Å². The van der Waals surface area contributed by atoms with E-state index in [1.54, 1.807) is 24.4 Å². The van der Waals surface area contributed by atoms with Gasteiger partial charge in [0.25, 0.3) is 0 Å². The molecule has 0 aliphatic carbocycles. The first-order chi connectivity index (χ1) is 8.52. The van der Waals surface area contributed by atoms with Gasteiger partial charge in [0.15, 0.2) is 5.78 Å². The molecule has 0 fully saturated rings. The second-order valence-corrected chi connectivity index (χ2v) is 4.78. The van der Waals surface area contributed by atoms with Crippen LogP contribution in [0.3, 0.4) is 0 Å². The molecule has 18 heavy (non-hydrogen) atoms. The molecule has 2 aromatic rings. The summed E-state index contributed by atoms with van der Waals surface area (Å²) < 4.78 is 0. The van der Waals surface area contributed by atoms with E-state index in [9.17, 15) is 4.79 Å². The lowest BCUT2D eigenvalue weighted by Crippen LogP contribution is -2.05. The highest BCUT2D eigenvalue weighted by molar-refractivity contribution is 6.38. The minimum absolute atomic E-state index is 0.191. The molecule has 0 amide bonds. The van der Waals surface area contributed by atoms with E-state index >= 15 is 0 Å². The van der Waals surface area contributed by atoms with Gasteiger partial charge in [-0.1, -0.05) is 29.3 Å². The van der Waals surface area contributed by atoms with Crippen LogP contribution < -0.4 is 0 Å². The number of carbonyl (C=O) groups is 1. The van der Waals surface area contributed by atoms with E-state index in [1.165, 1.54) is 0 Å². The lowest BCUT2D eigenvalue weighted by Gasteiger charge is -2.09. The standard InChI is InChI=1S/C14H11Cl2NO/c1-8-5-6-10(12(15)9(8)2)13(18)11-4-3-7-17-14(11)16/h3-7H,1-2H3. The molecule has 0 radical (unpaired) electrons. The highest BCUT2D eigenvalue weighted by atomic mass is 35.5. The Morgan fingerprint density at radius 3 is 2.50 bits per heavy atom. The van der Waals surface area contributed by atoms with Gasteiger partial charge in [0.2, 0.25) is 0 Å². The van der Waals surface area contributed by atoms with Gasteiger partial charge < -0.3 is 0 Å².